The van der Waals surface area contributed by atoms with Gasteiger partial charge in [-0.1, -0.05) is 43.3 Å². The van der Waals surface area contributed by atoms with Crippen LogP contribution in [0.3, 0.4) is 0 Å². The fourth-order valence-electron chi connectivity index (χ4n) is 9.77. The van der Waals surface area contributed by atoms with Crippen molar-refractivity contribution in [1.29, 1.82) is 0 Å². The average Bonchev–Trinajstić information content (AvgIpc) is 3.77. The Hall–Kier alpha value is -3.61. The van der Waals surface area contributed by atoms with Gasteiger partial charge in [-0.05, 0) is 49.8 Å². The molecule has 3 saturated carbocycles. The maximum atomic E-state index is 17.8. The zero-order valence-corrected chi connectivity index (χ0v) is 32.3. The number of aliphatic hydroxyl groups excluding tert-OH is 1. The number of imide groups is 1. The zero-order chi connectivity index (χ0) is 41.3. The number of phosphoric ester groups is 2. The second kappa shape index (κ2) is 14.6. The van der Waals surface area contributed by atoms with Gasteiger partial charge in [-0.2, -0.15) is 4.31 Å². The number of nitrogens with one attached hydrogen (secondary N) is 1. The number of carbonyl (C=O) groups is 5. The van der Waals surface area contributed by atoms with Crippen molar-refractivity contribution < 1.29 is 79.6 Å². The molecule has 0 radical (unpaired) electrons. The first-order valence-electron chi connectivity index (χ1n) is 18.0. The number of benzene rings is 1. The van der Waals surface area contributed by atoms with E-state index in [1.165, 1.54) is 13.0 Å². The van der Waals surface area contributed by atoms with E-state index in [0.717, 1.165) is 24.3 Å². The van der Waals surface area contributed by atoms with Crippen LogP contribution in [0.1, 0.15) is 45.0 Å². The van der Waals surface area contributed by atoms with Gasteiger partial charge in [0.25, 0.3) is 11.8 Å². The summed E-state index contributed by atoms with van der Waals surface area (Å²) in [5, 5.41) is 14.0. The molecular formula is C36H40F2N2O15P2. The summed E-state index contributed by atoms with van der Waals surface area (Å²) in [6.07, 6.45) is -1.47. The molecule has 4 N–H and O–H groups in total. The van der Waals surface area contributed by atoms with Crippen LogP contribution in [0.25, 0.3) is 0 Å². The molecule has 2 heterocycles. The normalized spacial score (nSPS) is 38.8. The molecule has 1 aromatic rings. The fraction of sp³-hybridized carbons (Fsp3) is 0.528. The van der Waals surface area contributed by atoms with Crippen LogP contribution in [0.2, 0.25) is 0 Å². The first-order chi connectivity index (χ1) is 26.7. The Morgan fingerprint density at radius 1 is 1.00 bits per heavy atom. The highest BCUT2D eigenvalue weighted by Crippen LogP contribution is 2.73. The van der Waals surface area contributed by atoms with E-state index in [4.69, 9.17) is 14.0 Å². The second-order valence-corrected chi connectivity index (χ2v) is 18.4. The minimum Gasteiger partial charge on any atom is -0.390 e. The first-order valence-corrected chi connectivity index (χ1v) is 21.0. The van der Waals surface area contributed by atoms with Gasteiger partial charge in [0.1, 0.15) is 19.3 Å². The maximum absolute atomic E-state index is 17.8. The fourth-order valence-corrected chi connectivity index (χ4v) is 11.8. The number of ether oxygens (including phenoxy) is 2. The summed E-state index contributed by atoms with van der Waals surface area (Å²) >= 11 is 0. The van der Waals surface area contributed by atoms with E-state index in [-0.39, 0.29) is 12.0 Å². The van der Waals surface area contributed by atoms with Gasteiger partial charge < -0.3 is 29.7 Å². The quantitative estimate of drug-likeness (QED) is 0.127. The highest BCUT2D eigenvalue weighted by molar-refractivity contribution is 7.61. The number of fused-ring (bicyclic) bond motifs is 7. The Morgan fingerprint density at radius 3 is 2.35 bits per heavy atom. The van der Waals surface area contributed by atoms with Gasteiger partial charge in [0, 0.05) is 41.0 Å². The van der Waals surface area contributed by atoms with Crippen LogP contribution >= 0.6 is 15.6 Å². The highest BCUT2D eigenvalue weighted by atomic mass is 31.3. The molecule has 7 rings (SSSR count). The van der Waals surface area contributed by atoms with Crippen molar-refractivity contribution in [3.05, 3.63) is 71.8 Å². The summed E-state index contributed by atoms with van der Waals surface area (Å²) in [5.41, 5.74) is -7.43. The Labute approximate surface area is 324 Å². The van der Waals surface area contributed by atoms with E-state index in [9.17, 15) is 48.0 Å². The van der Waals surface area contributed by atoms with Crippen LogP contribution in [-0.2, 0) is 55.9 Å². The number of nitrogens with zero attached hydrogens (tertiary/aromatic N) is 1. The van der Waals surface area contributed by atoms with Crippen LogP contribution in [0, 0.1) is 22.7 Å². The number of carbonyl (C=O) groups excluding carboxylic acids is 5. The number of alkyl halides is 2. The Kier molecular flexibility index (Phi) is 10.6. The number of aliphatic hydroxyl groups is 1. The first kappa shape index (κ1) is 41.5. The summed E-state index contributed by atoms with van der Waals surface area (Å²) in [4.78, 5) is 83.2. The van der Waals surface area contributed by atoms with Crippen molar-refractivity contribution in [2.75, 3.05) is 26.3 Å². The molecule has 308 valence electrons. The lowest BCUT2D eigenvalue weighted by atomic mass is 9.44. The van der Waals surface area contributed by atoms with Gasteiger partial charge in [-0.3, -0.25) is 37.9 Å². The lowest BCUT2D eigenvalue weighted by Gasteiger charge is -2.63. The molecule has 0 spiro atoms. The van der Waals surface area contributed by atoms with E-state index in [0.29, 0.717) is 10.5 Å². The molecule has 2 aliphatic heterocycles. The van der Waals surface area contributed by atoms with Crippen LogP contribution in [-0.4, -0.2) is 105 Å². The largest absolute Gasteiger partial charge is 0.481 e. The predicted octanol–water partition coefficient (Wildman–Crippen LogP) is 2.63. The van der Waals surface area contributed by atoms with Crippen molar-refractivity contribution >= 4 is 44.9 Å². The van der Waals surface area contributed by atoms with E-state index in [1.807, 2.05) is 0 Å². The Morgan fingerprint density at radius 2 is 1.67 bits per heavy atom. The predicted molar refractivity (Wildman–Crippen MR) is 188 cm³/mol. The molecule has 21 heteroatoms. The van der Waals surface area contributed by atoms with Crippen molar-refractivity contribution in [3.8, 4) is 0 Å². The standard InChI is InChI=1S/C36H40F2N2O15P2/c1-33-11-10-21(41)14-24(33)25(37)15-23-22-16-28-36(34(22,2)17-26(42)35(23,33)38,54-32(53-28)20-6-4-3-5-7-20)27(43)19-52-57(49,50)55-56(47,48)51-13-12-39-29(44)18-40-30(45)8-9-31(40)46/h3-11,14,22-23,25-26,28,32,42H,12-13,15-19H2,1-2H3,(H,39,44)(H,47,48)(H,49,50)/t22-,23-,25-,26-,28+,32+,33-,34-,35-,36+/m0/s1. The topological polar surface area (TPSA) is 242 Å². The molecular weight excluding hydrogens is 800 g/mol. The molecule has 17 nitrogen and oxygen atoms in total. The third-order valence-corrected chi connectivity index (χ3v) is 14.9. The number of phosphoric acid groups is 2. The molecule has 4 fully saturated rings. The lowest BCUT2D eigenvalue weighted by Crippen LogP contribution is -2.70. The zero-order valence-electron chi connectivity index (χ0n) is 30.5. The van der Waals surface area contributed by atoms with Crippen LogP contribution < -0.4 is 5.32 Å². The minimum atomic E-state index is -5.60. The average molecular weight is 841 g/mol. The number of allylic oxidation sites excluding steroid dienone is 4. The molecule has 2 unspecified atom stereocenters. The number of Topliss-reactive ketones (excluding diaryl/α,β-unsaturated/α-hetero) is 1. The van der Waals surface area contributed by atoms with Crippen molar-refractivity contribution in [1.82, 2.24) is 10.2 Å². The molecule has 3 amide bonds. The van der Waals surface area contributed by atoms with Crippen molar-refractivity contribution in [2.45, 2.75) is 69.0 Å². The number of hydrogen-bond donors (Lipinski definition) is 4. The molecule has 0 aromatic heterocycles. The number of ketones is 2. The third-order valence-electron chi connectivity index (χ3n) is 12.3. The number of amides is 3. The summed E-state index contributed by atoms with van der Waals surface area (Å²) in [6, 6.07) is 8.44. The van der Waals surface area contributed by atoms with Crippen molar-refractivity contribution in [3.63, 3.8) is 0 Å². The van der Waals surface area contributed by atoms with Gasteiger partial charge in [-0.25, -0.2) is 17.9 Å². The Bertz CT molecular complexity index is 2070. The summed E-state index contributed by atoms with van der Waals surface area (Å²) < 4.78 is 86.0. The van der Waals surface area contributed by atoms with Gasteiger partial charge in [0.15, 0.2) is 29.1 Å². The summed E-state index contributed by atoms with van der Waals surface area (Å²) in [6.45, 7) is -0.145. The summed E-state index contributed by atoms with van der Waals surface area (Å²) in [7, 11) is -11.0. The maximum Gasteiger partial charge on any atom is 0.481 e. The van der Waals surface area contributed by atoms with Crippen LogP contribution in [0.4, 0.5) is 8.78 Å². The van der Waals surface area contributed by atoms with Gasteiger partial charge in [-0.15, -0.1) is 0 Å². The molecule has 57 heavy (non-hydrogen) atoms. The van der Waals surface area contributed by atoms with Gasteiger partial charge in [0.2, 0.25) is 5.91 Å². The lowest BCUT2D eigenvalue weighted by molar-refractivity contribution is -0.235. The number of halogens is 2. The number of rotatable bonds is 13. The van der Waals surface area contributed by atoms with E-state index >= 15 is 8.78 Å². The van der Waals surface area contributed by atoms with Gasteiger partial charge >= 0.3 is 15.6 Å². The molecule has 12 atom stereocenters. The SMILES string of the molecule is C[C@]12C=CC(=O)C=C1[C@@H](F)C[C@H]1[C@@H]3C[C@H]4O[C@@H](c5ccccc5)O[C@@]4(C(=O)COP(=O)(O)OP(=O)(O)OCCNC(=O)CN4C(=O)C=CC4=O)[C@@]3(C)C[C@H](O)[C@@]12F. The smallest absolute Gasteiger partial charge is 0.390 e. The van der Waals surface area contributed by atoms with Crippen LogP contribution in [0.5, 0.6) is 0 Å². The number of hydrogen-bond acceptors (Lipinski definition) is 13. The second-order valence-electron chi connectivity index (χ2n) is 15.3. The van der Waals surface area contributed by atoms with E-state index < -0.39 is 143 Å². The summed E-state index contributed by atoms with van der Waals surface area (Å²) in [5.74, 6) is -5.88. The van der Waals surface area contributed by atoms with Gasteiger partial charge in [0.05, 0.1) is 18.8 Å². The molecule has 1 saturated heterocycles. The van der Waals surface area contributed by atoms with E-state index in [2.05, 4.69) is 14.2 Å². The molecule has 6 aliphatic rings. The van der Waals surface area contributed by atoms with E-state index in [1.54, 1.807) is 37.3 Å². The Balaban J connectivity index is 1.07. The highest BCUT2D eigenvalue weighted by Gasteiger charge is 2.80. The van der Waals surface area contributed by atoms with Crippen LogP contribution in [0.15, 0.2) is 66.3 Å². The molecule has 4 aliphatic carbocycles. The minimum absolute atomic E-state index is 0.0653. The monoisotopic (exact) mass is 840 g/mol. The molecule has 0 bridgehead atoms. The third kappa shape index (κ3) is 6.85. The van der Waals surface area contributed by atoms with Crippen molar-refractivity contribution in [2.24, 2.45) is 22.7 Å². The molecule has 1 aromatic carbocycles.